The molecule has 2 heteroatoms. The summed E-state index contributed by atoms with van der Waals surface area (Å²) in [6.07, 6.45) is 1.43. The monoisotopic (exact) mass is 128 g/mol. The quantitative estimate of drug-likeness (QED) is 0.453. The highest BCUT2D eigenvalue weighted by molar-refractivity contribution is 4.87. The Bertz CT molecular complexity index is 112. The average molecular weight is 128 g/mol. The van der Waals surface area contributed by atoms with Crippen LogP contribution in [0.2, 0.25) is 0 Å². The standard InChI is InChI=1S/C7H12O2/c1-3-7(9-2)5-4-6-8/h8H,1,4-6H2,2H3. The predicted molar refractivity (Wildman–Crippen MR) is 36.0 cm³/mol. The van der Waals surface area contributed by atoms with Crippen molar-refractivity contribution < 1.29 is 9.84 Å². The molecule has 0 aromatic heterocycles. The highest BCUT2D eigenvalue weighted by Gasteiger charge is 1.91. The lowest BCUT2D eigenvalue weighted by atomic mass is 10.3. The largest absolute Gasteiger partial charge is 0.493 e. The van der Waals surface area contributed by atoms with E-state index in [0.29, 0.717) is 12.2 Å². The van der Waals surface area contributed by atoms with Gasteiger partial charge in [0.15, 0.2) is 0 Å². The number of allylic oxidation sites excluding steroid dienone is 1. The molecule has 0 rings (SSSR count). The summed E-state index contributed by atoms with van der Waals surface area (Å²) < 4.78 is 4.83. The van der Waals surface area contributed by atoms with Crippen molar-refractivity contribution in [2.24, 2.45) is 0 Å². The van der Waals surface area contributed by atoms with Crippen LogP contribution in [0.5, 0.6) is 0 Å². The van der Waals surface area contributed by atoms with E-state index in [1.807, 2.05) is 0 Å². The van der Waals surface area contributed by atoms with Crippen molar-refractivity contribution in [2.75, 3.05) is 13.7 Å². The van der Waals surface area contributed by atoms with Gasteiger partial charge in [0.2, 0.25) is 0 Å². The first-order valence-corrected chi connectivity index (χ1v) is 2.89. The molecule has 0 spiro atoms. The summed E-state index contributed by atoms with van der Waals surface area (Å²) in [6.45, 7) is 3.61. The molecule has 0 atom stereocenters. The van der Waals surface area contributed by atoms with Gasteiger partial charge in [-0.2, -0.15) is 0 Å². The minimum Gasteiger partial charge on any atom is -0.493 e. The van der Waals surface area contributed by atoms with Gasteiger partial charge in [-0.15, -0.1) is 0 Å². The molecule has 0 bridgehead atoms. The third kappa shape index (κ3) is 3.83. The van der Waals surface area contributed by atoms with E-state index in [1.54, 1.807) is 7.11 Å². The van der Waals surface area contributed by atoms with Crippen LogP contribution >= 0.6 is 0 Å². The highest BCUT2D eigenvalue weighted by Crippen LogP contribution is 2.01. The first kappa shape index (κ1) is 8.28. The zero-order valence-corrected chi connectivity index (χ0v) is 5.68. The summed E-state index contributed by atoms with van der Waals surface area (Å²) >= 11 is 0. The van der Waals surface area contributed by atoms with Crippen LogP contribution < -0.4 is 0 Å². The number of aliphatic hydroxyl groups is 1. The molecule has 0 aromatic rings. The second-order valence-electron chi connectivity index (χ2n) is 1.63. The van der Waals surface area contributed by atoms with Gasteiger partial charge in [-0.1, -0.05) is 12.3 Å². The van der Waals surface area contributed by atoms with Gasteiger partial charge in [0.05, 0.1) is 7.11 Å². The van der Waals surface area contributed by atoms with Crippen molar-refractivity contribution in [1.82, 2.24) is 0 Å². The third-order valence-corrected chi connectivity index (χ3v) is 1.01. The van der Waals surface area contributed by atoms with Crippen LogP contribution in [-0.2, 0) is 4.74 Å². The van der Waals surface area contributed by atoms with Crippen molar-refractivity contribution >= 4 is 0 Å². The van der Waals surface area contributed by atoms with E-state index < -0.39 is 0 Å². The van der Waals surface area contributed by atoms with Gasteiger partial charge >= 0.3 is 0 Å². The summed E-state index contributed by atoms with van der Waals surface area (Å²) in [6, 6.07) is 0. The minimum absolute atomic E-state index is 0.189. The number of rotatable bonds is 4. The zero-order valence-electron chi connectivity index (χ0n) is 5.68. The molecule has 0 aliphatic heterocycles. The Morgan fingerprint density at radius 2 is 2.44 bits per heavy atom. The lowest BCUT2D eigenvalue weighted by Gasteiger charge is -1.99. The van der Waals surface area contributed by atoms with Gasteiger partial charge in [-0.05, 0) is 6.42 Å². The first-order chi connectivity index (χ1) is 4.35. The molecular formula is C7H12O2. The Balaban J connectivity index is 3.45. The summed E-state index contributed by atoms with van der Waals surface area (Å²) in [4.78, 5) is 0. The molecule has 0 fully saturated rings. The van der Waals surface area contributed by atoms with E-state index in [9.17, 15) is 0 Å². The summed E-state index contributed by atoms with van der Waals surface area (Å²) in [5.74, 6) is 0.712. The highest BCUT2D eigenvalue weighted by atomic mass is 16.5. The topological polar surface area (TPSA) is 29.5 Å². The normalized spacial score (nSPS) is 8.22. The van der Waals surface area contributed by atoms with Crippen LogP contribution in [0.15, 0.2) is 18.1 Å². The molecule has 0 amide bonds. The Morgan fingerprint density at radius 1 is 1.78 bits per heavy atom. The van der Waals surface area contributed by atoms with Crippen molar-refractivity contribution in [3.8, 4) is 0 Å². The van der Waals surface area contributed by atoms with Gasteiger partial charge in [-0.25, -0.2) is 0 Å². The maximum atomic E-state index is 8.39. The molecule has 0 saturated carbocycles. The maximum Gasteiger partial charge on any atom is 0.137 e. The molecule has 2 nitrogen and oxygen atoms in total. The molecule has 9 heavy (non-hydrogen) atoms. The number of methoxy groups -OCH3 is 1. The Hall–Kier alpha value is -0.720. The van der Waals surface area contributed by atoms with Crippen LogP contribution in [0.4, 0.5) is 0 Å². The van der Waals surface area contributed by atoms with Gasteiger partial charge in [0, 0.05) is 13.0 Å². The van der Waals surface area contributed by atoms with Crippen LogP contribution in [-0.4, -0.2) is 18.8 Å². The van der Waals surface area contributed by atoms with Gasteiger partial charge < -0.3 is 9.84 Å². The average Bonchev–Trinajstić information content (AvgIpc) is 1.91. The lowest BCUT2D eigenvalue weighted by Crippen LogP contribution is -1.88. The minimum atomic E-state index is 0.189. The summed E-state index contributed by atoms with van der Waals surface area (Å²) in [5, 5.41) is 8.39. The van der Waals surface area contributed by atoms with Crippen molar-refractivity contribution in [1.29, 1.82) is 0 Å². The van der Waals surface area contributed by atoms with Gasteiger partial charge in [-0.3, -0.25) is 0 Å². The Morgan fingerprint density at radius 3 is 2.78 bits per heavy atom. The van der Waals surface area contributed by atoms with Crippen LogP contribution in [0.1, 0.15) is 12.8 Å². The second kappa shape index (κ2) is 5.42. The fraction of sp³-hybridized carbons (Fsp3) is 0.571. The molecule has 1 N–H and O–H groups in total. The van der Waals surface area contributed by atoms with E-state index in [-0.39, 0.29) is 6.61 Å². The van der Waals surface area contributed by atoms with Crippen LogP contribution in [0.3, 0.4) is 0 Å². The molecule has 0 radical (unpaired) electrons. The molecule has 0 unspecified atom stereocenters. The van der Waals surface area contributed by atoms with E-state index in [2.05, 4.69) is 12.3 Å². The number of hydrogen-bond donors (Lipinski definition) is 1. The number of aliphatic hydroxyl groups excluding tert-OH is 1. The first-order valence-electron chi connectivity index (χ1n) is 2.89. The van der Waals surface area contributed by atoms with Crippen LogP contribution in [0.25, 0.3) is 0 Å². The molecule has 0 heterocycles. The molecule has 0 aromatic carbocycles. The second-order valence-corrected chi connectivity index (χ2v) is 1.63. The Labute approximate surface area is 55.5 Å². The Kier molecular flexibility index (Phi) is 4.98. The van der Waals surface area contributed by atoms with Gasteiger partial charge in [0.1, 0.15) is 5.76 Å². The van der Waals surface area contributed by atoms with Crippen molar-refractivity contribution in [3.63, 3.8) is 0 Å². The van der Waals surface area contributed by atoms with E-state index >= 15 is 0 Å². The fourth-order valence-corrected chi connectivity index (χ4v) is 0.502. The molecule has 52 valence electrons. The lowest BCUT2D eigenvalue weighted by molar-refractivity contribution is 0.248. The van der Waals surface area contributed by atoms with E-state index in [0.717, 1.165) is 6.42 Å². The van der Waals surface area contributed by atoms with E-state index in [4.69, 9.17) is 9.84 Å². The molecular weight excluding hydrogens is 116 g/mol. The fourth-order valence-electron chi connectivity index (χ4n) is 0.502. The smallest absolute Gasteiger partial charge is 0.137 e. The zero-order chi connectivity index (χ0) is 7.11. The maximum absolute atomic E-state index is 8.39. The van der Waals surface area contributed by atoms with E-state index in [1.165, 1.54) is 0 Å². The van der Waals surface area contributed by atoms with Crippen molar-refractivity contribution in [3.05, 3.63) is 18.1 Å². The van der Waals surface area contributed by atoms with Crippen molar-refractivity contribution in [2.45, 2.75) is 12.8 Å². The molecule has 0 aliphatic carbocycles. The van der Waals surface area contributed by atoms with Crippen LogP contribution in [0, 0.1) is 0 Å². The molecule has 0 aliphatic rings. The van der Waals surface area contributed by atoms with Gasteiger partial charge in [0.25, 0.3) is 0 Å². The predicted octanol–water partition coefficient (Wildman–Crippen LogP) is 1.07. The number of hydrogen-bond acceptors (Lipinski definition) is 2. The summed E-state index contributed by atoms with van der Waals surface area (Å²) in [7, 11) is 1.57. The summed E-state index contributed by atoms with van der Waals surface area (Å²) in [5.41, 5.74) is 2.62. The number of ether oxygens (including phenoxy) is 1. The molecule has 0 saturated heterocycles. The third-order valence-electron chi connectivity index (χ3n) is 1.01. The SMILES string of the molecule is C=C=C(CCCO)OC.